The van der Waals surface area contributed by atoms with Crippen LogP contribution in [0.1, 0.15) is 27.2 Å². The lowest BCUT2D eigenvalue weighted by Crippen LogP contribution is -2.42. The highest BCUT2D eigenvalue weighted by atomic mass is 16.2. The van der Waals surface area contributed by atoms with Gasteiger partial charge in [-0.3, -0.25) is 4.79 Å². The monoisotopic (exact) mass is 272 g/mol. The largest absolute Gasteiger partial charge is 0.354 e. The van der Waals surface area contributed by atoms with Crippen molar-refractivity contribution in [3.05, 3.63) is 0 Å². The Morgan fingerprint density at radius 2 is 1.68 bits per heavy atom. The molecular weight excluding hydrogens is 244 g/mol. The fourth-order valence-electron chi connectivity index (χ4n) is 1.68. The smallest absolute Gasteiger partial charge is 0.316 e. The van der Waals surface area contributed by atoms with E-state index in [4.69, 9.17) is 5.73 Å². The maximum absolute atomic E-state index is 11.9. The fourth-order valence-corrected chi connectivity index (χ4v) is 1.68. The average molecular weight is 272 g/mol. The number of rotatable bonds is 6. The molecule has 0 aliphatic rings. The summed E-state index contributed by atoms with van der Waals surface area (Å²) in [5.74, 6) is -0.221. The Kier molecular flexibility index (Phi) is 7.44. The molecule has 6 heteroatoms. The number of urea groups is 1. The molecule has 1 atom stereocenters. The summed E-state index contributed by atoms with van der Waals surface area (Å²) < 4.78 is 0. The molecule has 4 N–H and O–H groups in total. The van der Waals surface area contributed by atoms with Gasteiger partial charge in [0.1, 0.15) is 0 Å². The Morgan fingerprint density at radius 3 is 2.11 bits per heavy atom. The molecule has 0 fully saturated rings. The number of carbonyl (C=O) groups excluding carboxylic acids is 2. The number of hydrogen-bond acceptors (Lipinski definition) is 3. The van der Waals surface area contributed by atoms with Gasteiger partial charge in [-0.15, -0.1) is 0 Å². The minimum atomic E-state index is -0.176. The zero-order valence-corrected chi connectivity index (χ0v) is 12.7. The van der Waals surface area contributed by atoms with Crippen LogP contribution in [-0.4, -0.2) is 50.6 Å². The molecule has 0 saturated heterocycles. The highest BCUT2D eigenvalue weighted by Gasteiger charge is 2.23. The van der Waals surface area contributed by atoms with Gasteiger partial charge < -0.3 is 21.3 Å². The van der Waals surface area contributed by atoms with Crippen LogP contribution in [0.2, 0.25) is 0 Å². The maximum atomic E-state index is 11.9. The van der Waals surface area contributed by atoms with Gasteiger partial charge in [-0.1, -0.05) is 20.8 Å². The molecule has 0 bridgehead atoms. The average Bonchev–Trinajstić information content (AvgIpc) is 2.29. The van der Waals surface area contributed by atoms with Gasteiger partial charge in [0.25, 0.3) is 0 Å². The Labute approximate surface area is 116 Å². The lowest BCUT2D eigenvalue weighted by atomic mass is 9.84. The van der Waals surface area contributed by atoms with E-state index >= 15 is 0 Å². The van der Waals surface area contributed by atoms with Crippen molar-refractivity contribution in [3.63, 3.8) is 0 Å². The first-order valence-electron chi connectivity index (χ1n) is 6.60. The Hall–Kier alpha value is -1.30. The third-order valence-corrected chi connectivity index (χ3v) is 2.62. The van der Waals surface area contributed by atoms with E-state index in [1.807, 2.05) is 0 Å². The number of nitrogens with one attached hydrogen (secondary N) is 2. The number of amides is 3. The molecule has 0 aromatic heterocycles. The van der Waals surface area contributed by atoms with E-state index in [1.54, 1.807) is 14.1 Å². The summed E-state index contributed by atoms with van der Waals surface area (Å²) in [6.07, 6.45) is 0.749. The summed E-state index contributed by atoms with van der Waals surface area (Å²) in [6.45, 7) is 7.42. The standard InChI is InChI=1S/C13H28N4O2/c1-13(2,3)8-10(9-14)11(18)15-6-7-16-12(19)17(4)5/h10H,6-9,14H2,1-5H3,(H,15,18)(H,16,19). The van der Waals surface area contributed by atoms with Crippen LogP contribution in [0.4, 0.5) is 4.79 Å². The number of nitrogens with zero attached hydrogens (tertiary/aromatic N) is 1. The summed E-state index contributed by atoms with van der Waals surface area (Å²) in [7, 11) is 3.34. The topological polar surface area (TPSA) is 87.5 Å². The Morgan fingerprint density at radius 1 is 1.16 bits per heavy atom. The van der Waals surface area contributed by atoms with Crippen molar-refractivity contribution in [1.82, 2.24) is 15.5 Å². The second kappa shape index (κ2) is 7.99. The van der Waals surface area contributed by atoms with Crippen molar-refractivity contribution >= 4 is 11.9 Å². The molecule has 0 aromatic rings. The van der Waals surface area contributed by atoms with Gasteiger partial charge in [0.15, 0.2) is 0 Å². The summed E-state index contributed by atoms with van der Waals surface area (Å²) in [6, 6.07) is -0.167. The molecule has 3 amide bonds. The molecule has 0 saturated carbocycles. The minimum Gasteiger partial charge on any atom is -0.354 e. The summed E-state index contributed by atoms with van der Waals surface area (Å²) in [4.78, 5) is 24.6. The van der Waals surface area contributed by atoms with E-state index in [-0.39, 0.29) is 23.3 Å². The van der Waals surface area contributed by atoms with Gasteiger partial charge in [-0.05, 0) is 11.8 Å². The Balaban J connectivity index is 3.99. The maximum Gasteiger partial charge on any atom is 0.316 e. The van der Waals surface area contributed by atoms with E-state index in [0.29, 0.717) is 19.6 Å². The van der Waals surface area contributed by atoms with Crippen LogP contribution in [0.3, 0.4) is 0 Å². The van der Waals surface area contributed by atoms with Crippen LogP contribution in [-0.2, 0) is 4.79 Å². The number of nitrogens with two attached hydrogens (primary N) is 1. The lowest BCUT2D eigenvalue weighted by molar-refractivity contribution is -0.125. The van der Waals surface area contributed by atoms with E-state index in [9.17, 15) is 9.59 Å². The van der Waals surface area contributed by atoms with Crippen LogP contribution >= 0.6 is 0 Å². The van der Waals surface area contributed by atoms with Gasteiger partial charge in [-0.2, -0.15) is 0 Å². The molecule has 112 valence electrons. The molecule has 19 heavy (non-hydrogen) atoms. The van der Waals surface area contributed by atoms with Crippen LogP contribution in [0.15, 0.2) is 0 Å². The normalized spacial score (nSPS) is 12.7. The van der Waals surface area contributed by atoms with Gasteiger partial charge in [-0.25, -0.2) is 4.79 Å². The highest BCUT2D eigenvalue weighted by Crippen LogP contribution is 2.23. The SMILES string of the molecule is CN(C)C(=O)NCCNC(=O)C(CN)CC(C)(C)C. The zero-order chi connectivity index (χ0) is 15.1. The third kappa shape index (κ3) is 8.42. The molecule has 0 radical (unpaired) electrons. The van der Waals surface area contributed by atoms with Gasteiger partial charge in [0.2, 0.25) is 5.91 Å². The van der Waals surface area contributed by atoms with Crippen molar-refractivity contribution in [3.8, 4) is 0 Å². The van der Waals surface area contributed by atoms with Crippen LogP contribution in [0.25, 0.3) is 0 Å². The van der Waals surface area contributed by atoms with E-state index in [2.05, 4.69) is 31.4 Å². The second-order valence-electron chi connectivity index (χ2n) is 6.11. The second-order valence-corrected chi connectivity index (χ2v) is 6.11. The highest BCUT2D eigenvalue weighted by molar-refractivity contribution is 5.79. The first kappa shape index (κ1) is 17.7. The molecule has 0 spiro atoms. The number of carbonyl (C=O) groups is 2. The predicted molar refractivity (Wildman–Crippen MR) is 76.7 cm³/mol. The van der Waals surface area contributed by atoms with Gasteiger partial charge >= 0.3 is 6.03 Å². The van der Waals surface area contributed by atoms with E-state index in [0.717, 1.165) is 6.42 Å². The minimum absolute atomic E-state index is 0.0449. The first-order valence-corrected chi connectivity index (χ1v) is 6.60. The predicted octanol–water partition coefficient (Wildman–Crippen LogP) is 0.385. The lowest BCUT2D eigenvalue weighted by Gasteiger charge is -2.24. The van der Waals surface area contributed by atoms with Gasteiger partial charge in [0.05, 0.1) is 5.92 Å². The van der Waals surface area contributed by atoms with Crippen molar-refractivity contribution in [2.45, 2.75) is 27.2 Å². The van der Waals surface area contributed by atoms with Crippen molar-refractivity contribution in [1.29, 1.82) is 0 Å². The summed E-state index contributed by atoms with van der Waals surface area (Å²) in [5.41, 5.74) is 5.71. The van der Waals surface area contributed by atoms with Gasteiger partial charge in [0, 0.05) is 33.7 Å². The van der Waals surface area contributed by atoms with Crippen molar-refractivity contribution in [2.24, 2.45) is 17.1 Å². The molecular formula is C13H28N4O2. The third-order valence-electron chi connectivity index (χ3n) is 2.62. The molecule has 0 aliphatic heterocycles. The molecule has 0 aliphatic carbocycles. The van der Waals surface area contributed by atoms with E-state index in [1.165, 1.54) is 4.90 Å². The molecule has 0 heterocycles. The molecule has 0 rings (SSSR count). The number of hydrogen-bond donors (Lipinski definition) is 3. The Bertz CT molecular complexity index is 298. The summed E-state index contributed by atoms with van der Waals surface area (Å²) >= 11 is 0. The van der Waals surface area contributed by atoms with Crippen molar-refractivity contribution in [2.75, 3.05) is 33.7 Å². The van der Waals surface area contributed by atoms with Crippen LogP contribution < -0.4 is 16.4 Å². The fraction of sp³-hybridized carbons (Fsp3) is 0.846. The van der Waals surface area contributed by atoms with Crippen LogP contribution in [0.5, 0.6) is 0 Å². The molecule has 1 unspecified atom stereocenters. The summed E-state index contributed by atoms with van der Waals surface area (Å²) in [5, 5.41) is 5.48. The van der Waals surface area contributed by atoms with Crippen LogP contribution in [0, 0.1) is 11.3 Å². The molecule has 6 nitrogen and oxygen atoms in total. The first-order chi connectivity index (χ1) is 8.67. The van der Waals surface area contributed by atoms with Crippen molar-refractivity contribution < 1.29 is 9.59 Å². The quantitative estimate of drug-likeness (QED) is 0.611. The van der Waals surface area contributed by atoms with E-state index < -0.39 is 0 Å². The zero-order valence-electron chi connectivity index (χ0n) is 12.7. The molecule has 0 aromatic carbocycles.